The van der Waals surface area contributed by atoms with Crippen molar-refractivity contribution in [3.63, 3.8) is 0 Å². The van der Waals surface area contributed by atoms with Crippen molar-refractivity contribution in [1.29, 1.82) is 0 Å². The number of rotatable bonds is 8. The number of amides is 1. The summed E-state index contributed by atoms with van der Waals surface area (Å²) in [4.78, 5) is 23.3. The summed E-state index contributed by atoms with van der Waals surface area (Å²) in [5.74, 6) is -1.22. The van der Waals surface area contributed by atoms with E-state index in [0.29, 0.717) is 0 Å². The molecule has 0 aliphatic heterocycles. The predicted octanol–water partition coefficient (Wildman–Crippen LogP) is 3.14. The number of carboxylic acid groups (broad SMARTS) is 1. The maximum Gasteiger partial charge on any atom is 0.408 e. The number of carboxylic acids is 1. The second kappa shape index (κ2) is 8.51. The molecule has 0 heterocycles. The van der Waals surface area contributed by atoms with E-state index in [1.165, 1.54) is 17.2 Å². The minimum absolute atomic E-state index is 0.0533. The third-order valence-corrected chi connectivity index (χ3v) is 4.40. The summed E-state index contributed by atoms with van der Waals surface area (Å²) in [7, 11) is 0. The molecule has 3 rings (SSSR count). The topological polar surface area (TPSA) is 84.9 Å². The molecule has 1 aliphatic rings. The van der Waals surface area contributed by atoms with E-state index in [9.17, 15) is 14.7 Å². The van der Waals surface area contributed by atoms with Gasteiger partial charge in [0, 0.05) is 0 Å². The molecule has 27 heavy (non-hydrogen) atoms. The van der Waals surface area contributed by atoms with Gasteiger partial charge in [0.15, 0.2) is 6.04 Å². The number of alkyl carbamates (subject to hydrolysis) is 1. The standard InChI is InChI=1S/C21H21NO5/c1-2-10-26-13-19(20(23)24)22-21(25)27-12-15-7-5-9-17-16-8-4-3-6-14(16)11-18(15)17/h2-9,19H,1,10-13H2,(H,22,25)(H,23,24)/t19-/m0/s1/i1D. The Labute approximate surface area is 158 Å². The summed E-state index contributed by atoms with van der Waals surface area (Å²) in [5, 5.41) is 11.5. The van der Waals surface area contributed by atoms with E-state index in [2.05, 4.69) is 17.4 Å². The van der Waals surface area contributed by atoms with Gasteiger partial charge in [-0.1, -0.05) is 48.5 Å². The lowest BCUT2D eigenvalue weighted by atomic mass is 10.0. The Hall–Kier alpha value is -3.12. The molecule has 2 aromatic rings. The lowest BCUT2D eigenvalue weighted by Gasteiger charge is -2.15. The van der Waals surface area contributed by atoms with Crippen LogP contribution in [-0.2, 0) is 27.3 Å². The lowest BCUT2D eigenvalue weighted by molar-refractivity contribution is -0.140. The fraction of sp³-hybridized carbons (Fsp3) is 0.238. The van der Waals surface area contributed by atoms with Gasteiger partial charge in [-0.25, -0.2) is 9.59 Å². The van der Waals surface area contributed by atoms with Crippen LogP contribution in [0.5, 0.6) is 0 Å². The van der Waals surface area contributed by atoms with Gasteiger partial charge in [-0.05, 0) is 34.2 Å². The van der Waals surface area contributed by atoms with E-state index in [4.69, 9.17) is 10.8 Å². The van der Waals surface area contributed by atoms with Crippen molar-refractivity contribution < 1.29 is 25.5 Å². The Morgan fingerprint density at radius 2 is 2.07 bits per heavy atom. The summed E-state index contributed by atoms with van der Waals surface area (Å²) in [6, 6.07) is 12.8. The van der Waals surface area contributed by atoms with Crippen LogP contribution in [0.4, 0.5) is 4.79 Å². The molecule has 2 N–H and O–H groups in total. The van der Waals surface area contributed by atoms with Crippen LogP contribution in [0.25, 0.3) is 11.1 Å². The Kier molecular flexibility index (Phi) is 5.45. The Balaban J connectivity index is 1.59. The fourth-order valence-corrected chi connectivity index (χ4v) is 3.11. The molecule has 0 fully saturated rings. The fourth-order valence-electron chi connectivity index (χ4n) is 3.11. The number of benzene rings is 2. The predicted molar refractivity (Wildman–Crippen MR) is 100 cm³/mol. The highest BCUT2D eigenvalue weighted by Crippen LogP contribution is 2.38. The van der Waals surface area contributed by atoms with Crippen LogP contribution in [0.1, 0.15) is 18.1 Å². The van der Waals surface area contributed by atoms with Crippen molar-refractivity contribution in [1.82, 2.24) is 5.32 Å². The van der Waals surface area contributed by atoms with Gasteiger partial charge >= 0.3 is 12.1 Å². The van der Waals surface area contributed by atoms with E-state index in [1.807, 2.05) is 30.3 Å². The summed E-state index contributed by atoms with van der Waals surface area (Å²) < 4.78 is 17.2. The number of ether oxygens (including phenoxy) is 2. The molecule has 0 aromatic heterocycles. The van der Waals surface area contributed by atoms with Crippen LogP contribution in [0, 0.1) is 0 Å². The highest BCUT2D eigenvalue weighted by Gasteiger charge is 2.23. The normalized spacial score (nSPS) is 13.6. The molecule has 0 unspecified atom stereocenters. The molecule has 0 saturated heterocycles. The SMILES string of the molecule is [2H]C=CCOC[C@H](NC(=O)OCc1cccc2c1Cc1ccccc1-2)C(=O)O. The zero-order chi connectivity index (χ0) is 19.9. The molecule has 2 aromatic carbocycles. The van der Waals surface area contributed by atoms with Crippen LogP contribution in [0.3, 0.4) is 0 Å². The molecule has 1 atom stereocenters. The number of hydrogen-bond donors (Lipinski definition) is 2. The first-order chi connectivity index (χ1) is 13.6. The number of fused-ring (bicyclic) bond motifs is 3. The summed E-state index contributed by atoms with van der Waals surface area (Å²) >= 11 is 0. The lowest BCUT2D eigenvalue weighted by Crippen LogP contribution is -2.44. The van der Waals surface area contributed by atoms with Crippen molar-refractivity contribution in [2.45, 2.75) is 19.1 Å². The van der Waals surface area contributed by atoms with Gasteiger partial charge in [0.1, 0.15) is 6.61 Å². The first-order valence-corrected chi connectivity index (χ1v) is 8.56. The number of hydrogen-bond acceptors (Lipinski definition) is 4. The van der Waals surface area contributed by atoms with Crippen molar-refractivity contribution in [2.24, 2.45) is 0 Å². The zero-order valence-electron chi connectivity index (χ0n) is 15.7. The Morgan fingerprint density at radius 1 is 1.26 bits per heavy atom. The largest absolute Gasteiger partial charge is 0.480 e. The molecule has 0 saturated carbocycles. The van der Waals surface area contributed by atoms with Crippen LogP contribution < -0.4 is 5.32 Å². The quantitative estimate of drug-likeness (QED) is 0.471. The number of carbonyl (C=O) groups excluding carboxylic acids is 1. The molecule has 0 spiro atoms. The molecule has 1 amide bonds. The minimum atomic E-state index is -1.22. The van der Waals surface area contributed by atoms with Gasteiger partial charge in [0.2, 0.25) is 0 Å². The minimum Gasteiger partial charge on any atom is -0.480 e. The smallest absolute Gasteiger partial charge is 0.408 e. The second-order valence-corrected chi connectivity index (χ2v) is 6.16. The number of carbonyl (C=O) groups is 2. The van der Waals surface area contributed by atoms with Gasteiger partial charge in [0.05, 0.1) is 14.6 Å². The molecule has 0 bridgehead atoms. The third kappa shape index (κ3) is 4.35. The highest BCUT2D eigenvalue weighted by molar-refractivity contribution is 5.80. The van der Waals surface area contributed by atoms with Crippen LogP contribution in [0.2, 0.25) is 0 Å². The van der Waals surface area contributed by atoms with Crippen molar-refractivity contribution >= 4 is 12.1 Å². The molecule has 1 aliphatic carbocycles. The molecular weight excluding hydrogens is 346 g/mol. The van der Waals surface area contributed by atoms with Gasteiger partial charge in [-0.15, -0.1) is 6.55 Å². The van der Waals surface area contributed by atoms with E-state index >= 15 is 0 Å². The summed E-state index contributed by atoms with van der Waals surface area (Å²) in [6.45, 7) is 0.983. The maximum atomic E-state index is 12.0. The van der Waals surface area contributed by atoms with Crippen molar-refractivity contribution in [2.75, 3.05) is 13.2 Å². The van der Waals surface area contributed by atoms with E-state index in [1.54, 1.807) is 0 Å². The monoisotopic (exact) mass is 368 g/mol. The summed E-state index contributed by atoms with van der Waals surface area (Å²) in [5.41, 5.74) is 5.58. The Bertz CT molecular complexity index is 896. The third-order valence-electron chi connectivity index (χ3n) is 4.40. The molecular formula is C21H21NO5. The van der Waals surface area contributed by atoms with Gasteiger partial charge in [-0.2, -0.15) is 0 Å². The van der Waals surface area contributed by atoms with E-state index < -0.39 is 18.1 Å². The van der Waals surface area contributed by atoms with Crippen LogP contribution in [-0.4, -0.2) is 36.4 Å². The van der Waals surface area contributed by atoms with Gasteiger partial charge < -0.3 is 19.9 Å². The molecule has 6 heteroatoms. The molecule has 6 nitrogen and oxygen atoms in total. The first kappa shape index (κ1) is 17.3. The van der Waals surface area contributed by atoms with Gasteiger partial charge in [-0.3, -0.25) is 0 Å². The molecule has 140 valence electrons. The second-order valence-electron chi connectivity index (χ2n) is 6.16. The average Bonchev–Trinajstić information content (AvgIpc) is 3.08. The Morgan fingerprint density at radius 3 is 2.89 bits per heavy atom. The van der Waals surface area contributed by atoms with Crippen LogP contribution in [0.15, 0.2) is 55.1 Å². The van der Waals surface area contributed by atoms with Crippen molar-refractivity contribution in [3.8, 4) is 11.1 Å². The highest BCUT2D eigenvalue weighted by atomic mass is 16.5. The van der Waals surface area contributed by atoms with Crippen LogP contribution >= 0.6 is 0 Å². The average molecular weight is 368 g/mol. The maximum absolute atomic E-state index is 12.0. The zero-order valence-corrected chi connectivity index (χ0v) is 14.7. The van der Waals surface area contributed by atoms with E-state index in [0.717, 1.165) is 29.7 Å². The van der Waals surface area contributed by atoms with Crippen molar-refractivity contribution in [3.05, 3.63) is 71.8 Å². The number of nitrogens with one attached hydrogen (secondary N) is 1. The summed E-state index contributed by atoms with van der Waals surface area (Å²) in [6.07, 6.45) is 1.38. The number of aliphatic carboxylic acids is 1. The first-order valence-electron chi connectivity index (χ1n) is 9.14. The van der Waals surface area contributed by atoms with Gasteiger partial charge in [0.25, 0.3) is 0 Å². The van der Waals surface area contributed by atoms with E-state index in [-0.39, 0.29) is 19.8 Å². The molecule has 0 radical (unpaired) electrons.